The standard InChI is InChI=1S/2C6H10O3.2C3H10OSi.Ti/c2*1-2-3-5(7)4-6(8)9;2*1-5(2,3)4;/h2*2-4H2,1H3,(H,8,9);2*4H,1-3H3;/q;;;;+2/p-2. The average molecular weight is 487 g/mol. The molecule has 0 fully saturated rings. The molecule has 0 aliphatic rings. The molecule has 0 radical (unpaired) electrons. The van der Waals surface area contributed by atoms with Crippen molar-refractivity contribution in [2.45, 2.75) is 91.7 Å². The van der Waals surface area contributed by atoms with Crippen LogP contribution in [-0.2, 0) is 40.9 Å². The third-order valence-electron chi connectivity index (χ3n) is 1.74. The number of rotatable bonds is 8. The fraction of sp³-hybridized carbons (Fsp3) is 0.778. The summed E-state index contributed by atoms with van der Waals surface area (Å²) >= 11 is 0. The molecule has 0 amide bonds. The van der Waals surface area contributed by atoms with Crippen LogP contribution in [0.3, 0.4) is 0 Å². The van der Waals surface area contributed by atoms with E-state index < -0.39 is 41.4 Å². The molecule has 11 heteroatoms. The Balaban J connectivity index is -0.0000000907. The zero-order valence-electron chi connectivity index (χ0n) is 19.1. The van der Waals surface area contributed by atoms with Crippen molar-refractivity contribution in [1.82, 2.24) is 0 Å². The van der Waals surface area contributed by atoms with Gasteiger partial charge in [0.05, 0.1) is 0 Å². The van der Waals surface area contributed by atoms with E-state index in [2.05, 4.69) is 0 Å². The Kier molecular flexibility index (Phi) is 29.6. The molecule has 0 bridgehead atoms. The Hall–Kier alpha value is -0.652. The topological polar surface area (TPSA) is 155 Å². The quantitative estimate of drug-likeness (QED) is 0.374. The number of hydrogen-bond donors (Lipinski definition) is 2. The third kappa shape index (κ3) is 98.6. The molecule has 2 N–H and O–H groups in total. The minimum absolute atomic E-state index is 0. The summed E-state index contributed by atoms with van der Waals surface area (Å²) in [6.07, 6.45) is 1.21. The smallest absolute Gasteiger partial charge is 0.550 e. The van der Waals surface area contributed by atoms with Crippen LogP contribution in [0.1, 0.15) is 52.4 Å². The summed E-state index contributed by atoms with van der Waals surface area (Å²) in [6.45, 7) is 14.9. The van der Waals surface area contributed by atoms with E-state index in [0.717, 1.165) is 0 Å². The van der Waals surface area contributed by atoms with Gasteiger partial charge in [-0.05, 0) is 52.1 Å². The van der Waals surface area contributed by atoms with Gasteiger partial charge in [0.15, 0.2) is 16.6 Å². The van der Waals surface area contributed by atoms with Crippen LogP contribution in [0, 0.1) is 0 Å². The molecule has 0 aromatic carbocycles. The SMILES string of the molecule is CCCC(=O)CC(=O)[O-].CCCC(=O)CC(=O)[O-].C[Si](C)(C)O.C[Si](C)(C)O.[Ti+2]. The largest absolute Gasteiger partial charge is 2.00 e. The molecule has 170 valence electrons. The van der Waals surface area contributed by atoms with Gasteiger partial charge < -0.3 is 29.4 Å². The summed E-state index contributed by atoms with van der Waals surface area (Å²) in [6, 6.07) is 0. The number of carbonyl (C=O) groups is 4. The molecule has 0 saturated carbocycles. The van der Waals surface area contributed by atoms with Crippen LogP contribution >= 0.6 is 0 Å². The molecule has 0 aliphatic carbocycles. The number of aliphatic carboxylic acids is 2. The molecule has 0 aromatic rings. The Morgan fingerprint density at radius 3 is 0.931 bits per heavy atom. The van der Waals surface area contributed by atoms with Crippen molar-refractivity contribution in [3.63, 3.8) is 0 Å². The van der Waals surface area contributed by atoms with Crippen LogP contribution in [0.15, 0.2) is 0 Å². The van der Waals surface area contributed by atoms with Crippen molar-refractivity contribution in [2.24, 2.45) is 0 Å². The minimum atomic E-state index is -1.61. The molecule has 0 rings (SSSR count). The monoisotopic (exact) mass is 486 g/mol. The predicted octanol–water partition coefficient (Wildman–Crippen LogP) is 0.616. The van der Waals surface area contributed by atoms with Gasteiger partial charge in [-0.25, -0.2) is 0 Å². The third-order valence-corrected chi connectivity index (χ3v) is 1.74. The Morgan fingerprint density at radius 1 is 0.655 bits per heavy atom. The van der Waals surface area contributed by atoms with Crippen LogP contribution in [-0.4, -0.2) is 49.7 Å². The number of carboxylic acids is 2. The summed E-state index contributed by atoms with van der Waals surface area (Å²) < 4.78 is 0. The fourth-order valence-corrected chi connectivity index (χ4v) is 1.06. The Morgan fingerprint density at radius 2 is 0.828 bits per heavy atom. The van der Waals surface area contributed by atoms with Crippen LogP contribution in [0.25, 0.3) is 0 Å². The minimum Gasteiger partial charge on any atom is -0.550 e. The molecule has 0 spiro atoms. The van der Waals surface area contributed by atoms with Crippen molar-refractivity contribution < 1.29 is 60.7 Å². The fourth-order valence-electron chi connectivity index (χ4n) is 1.06. The summed E-state index contributed by atoms with van der Waals surface area (Å²) in [5, 5.41) is 19.5. The van der Waals surface area contributed by atoms with E-state index in [-0.39, 0.29) is 33.3 Å². The van der Waals surface area contributed by atoms with E-state index in [0.29, 0.717) is 25.7 Å². The van der Waals surface area contributed by atoms with Gasteiger partial charge in [-0.2, -0.15) is 0 Å². The van der Waals surface area contributed by atoms with Gasteiger partial charge in [-0.3, -0.25) is 9.59 Å². The van der Waals surface area contributed by atoms with Crippen LogP contribution in [0.5, 0.6) is 0 Å². The molecule has 0 saturated heterocycles. The zero-order chi connectivity index (χ0) is 23.6. The van der Waals surface area contributed by atoms with Crippen molar-refractivity contribution in [3.05, 3.63) is 0 Å². The van der Waals surface area contributed by atoms with E-state index in [9.17, 15) is 29.4 Å². The first-order valence-electron chi connectivity index (χ1n) is 9.21. The van der Waals surface area contributed by atoms with E-state index in [1.807, 2.05) is 53.1 Å². The van der Waals surface area contributed by atoms with Crippen LogP contribution < -0.4 is 10.2 Å². The zero-order valence-corrected chi connectivity index (χ0v) is 22.6. The van der Waals surface area contributed by atoms with E-state index in [1.165, 1.54) is 0 Å². The van der Waals surface area contributed by atoms with Crippen LogP contribution in [0.2, 0.25) is 39.3 Å². The van der Waals surface area contributed by atoms with Gasteiger partial charge in [0.2, 0.25) is 0 Å². The molecule has 0 heterocycles. The van der Waals surface area contributed by atoms with Crippen molar-refractivity contribution >= 4 is 40.1 Å². The molecule has 29 heavy (non-hydrogen) atoms. The molecule has 0 aliphatic heterocycles. The van der Waals surface area contributed by atoms with Gasteiger partial charge in [-0.1, -0.05) is 13.8 Å². The maximum atomic E-state index is 10.4. The number of carbonyl (C=O) groups excluding carboxylic acids is 4. The van der Waals surface area contributed by atoms with E-state index >= 15 is 0 Å². The number of ketones is 2. The van der Waals surface area contributed by atoms with Gasteiger partial charge >= 0.3 is 21.7 Å². The summed E-state index contributed by atoms with van der Waals surface area (Å²) in [7, 11) is -3.22. The first kappa shape index (κ1) is 38.9. The first-order chi connectivity index (χ1) is 12.3. The average Bonchev–Trinajstić information content (AvgIpc) is 2.33. The second-order valence-electron chi connectivity index (χ2n) is 8.02. The second kappa shape index (κ2) is 22.0. The Bertz CT molecular complexity index is 404. The maximum Gasteiger partial charge on any atom is 2.00 e. The summed E-state index contributed by atoms with van der Waals surface area (Å²) in [5.74, 6) is -3.07. The number of carboxylic acid groups (broad SMARTS) is 2. The van der Waals surface area contributed by atoms with E-state index in [4.69, 9.17) is 9.59 Å². The van der Waals surface area contributed by atoms with Crippen molar-refractivity contribution in [3.8, 4) is 0 Å². The van der Waals surface area contributed by atoms with Gasteiger partial charge in [0.25, 0.3) is 0 Å². The van der Waals surface area contributed by atoms with E-state index in [1.54, 1.807) is 0 Å². The second-order valence-corrected chi connectivity index (χ2v) is 16.7. The molecule has 0 atom stereocenters. The number of Topliss-reactive ketones (excluding diaryl/α,β-unsaturated/α-hetero) is 2. The molecule has 0 aromatic heterocycles. The number of hydrogen-bond acceptors (Lipinski definition) is 8. The predicted molar refractivity (Wildman–Crippen MR) is 110 cm³/mol. The van der Waals surface area contributed by atoms with Crippen molar-refractivity contribution in [2.75, 3.05) is 0 Å². The van der Waals surface area contributed by atoms with Gasteiger partial charge in [0.1, 0.15) is 11.6 Å². The first-order valence-corrected chi connectivity index (χ1v) is 16.1. The summed E-state index contributed by atoms with van der Waals surface area (Å²) in [4.78, 5) is 57.7. The van der Waals surface area contributed by atoms with Gasteiger partial charge in [-0.15, -0.1) is 0 Å². The van der Waals surface area contributed by atoms with Gasteiger partial charge in [0, 0.05) is 37.6 Å². The molecule has 8 nitrogen and oxygen atoms in total. The molecular formula is C18H38O8Si2Ti. The Labute approximate surface area is 192 Å². The van der Waals surface area contributed by atoms with Crippen LogP contribution in [0.4, 0.5) is 0 Å². The molecular weight excluding hydrogens is 448 g/mol. The van der Waals surface area contributed by atoms with Crippen molar-refractivity contribution in [1.29, 1.82) is 0 Å². The molecule has 0 unspecified atom stereocenters. The maximum absolute atomic E-state index is 10.4. The normalized spacial score (nSPS) is 9.72. The summed E-state index contributed by atoms with van der Waals surface area (Å²) in [5.41, 5.74) is 0.